The molecule has 47 heavy (non-hydrogen) atoms. The number of piperidine rings is 1. The second kappa shape index (κ2) is 12.7. The smallest absolute Gasteiger partial charge is 0.317 e. The summed E-state index contributed by atoms with van der Waals surface area (Å²) in [6.07, 6.45) is 7.71. The Morgan fingerprint density at radius 2 is 1.91 bits per heavy atom. The highest BCUT2D eigenvalue weighted by Gasteiger charge is 2.31. The maximum atomic E-state index is 13.9. The Kier molecular flexibility index (Phi) is 8.11. The van der Waals surface area contributed by atoms with Crippen LogP contribution in [0.2, 0.25) is 0 Å². The number of H-pyrrole nitrogens is 1. The van der Waals surface area contributed by atoms with Crippen molar-refractivity contribution in [2.45, 2.75) is 51.4 Å². The van der Waals surface area contributed by atoms with Crippen molar-refractivity contribution >= 4 is 28.5 Å². The molecule has 5 aromatic rings. The van der Waals surface area contributed by atoms with E-state index in [1.807, 2.05) is 40.1 Å². The second-order valence-electron chi connectivity index (χ2n) is 12.5. The van der Waals surface area contributed by atoms with Gasteiger partial charge in [0.25, 0.3) is 0 Å². The summed E-state index contributed by atoms with van der Waals surface area (Å²) in [7, 11) is 0. The van der Waals surface area contributed by atoms with E-state index in [1.54, 1.807) is 18.3 Å². The van der Waals surface area contributed by atoms with Gasteiger partial charge in [0.1, 0.15) is 5.82 Å². The number of aromatic nitrogens is 4. The summed E-state index contributed by atoms with van der Waals surface area (Å²) in [6.45, 7) is 8.92. The highest BCUT2D eigenvalue weighted by Crippen LogP contribution is 2.31. The monoisotopic (exact) mass is 629 g/mol. The fourth-order valence-corrected chi connectivity index (χ4v) is 6.91. The van der Waals surface area contributed by atoms with Gasteiger partial charge in [0, 0.05) is 61.3 Å². The van der Waals surface area contributed by atoms with Crippen LogP contribution in [0.3, 0.4) is 0 Å². The summed E-state index contributed by atoms with van der Waals surface area (Å²) in [6, 6.07) is 19.6. The lowest BCUT2D eigenvalue weighted by Crippen LogP contribution is -2.51. The maximum absolute atomic E-state index is 13.9. The van der Waals surface area contributed by atoms with Gasteiger partial charge in [-0.3, -0.25) is 9.89 Å². The molecule has 1 fully saturated rings. The fraction of sp³-hybridized carbons (Fsp3) is 0.278. The van der Waals surface area contributed by atoms with E-state index in [2.05, 4.69) is 69.6 Å². The minimum atomic E-state index is -0.470. The molecule has 1 saturated heterocycles. The molecular weight excluding hydrogens is 590 g/mol. The minimum Gasteiger partial charge on any atom is -0.366 e. The van der Waals surface area contributed by atoms with Crippen LogP contribution in [0.15, 0.2) is 91.7 Å². The fourth-order valence-electron chi connectivity index (χ4n) is 6.91. The molecule has 11 nitrogen and oxygen atoms in total. The predicted octanol–water partition coefficient (Wildman–Crippen LogP) is 5.07. The number of para-hydroxylation sites is 1. The van der Waals surface area contributed by atoms with E-state index in [0.717, 1.165) is 64.3 Å². The first kappa shape index (κ1) is 30.1. The van der Waals surface area contributed by atoms with E-state index in [4.69, 9.17) is 10.7 Å². The lowest BCUT2D eigenvalue weighted by Gasteiger charge is -2.43. The number of hydrogen-bond donors (Lipinski definition) is 4. The zero-order valence-corrected chi connectivity index (χ0v) is 26.4. The van der Waals surface area contributed by atoms with Gasteiger partial charge in [0.2, 0.25) is 5.91 Å². The number of imidazole rings is 1. The number of nitrogens with zero attached hydrogens (tertiary/aromatic N) is 5. The molecule has 0 saturated carbocycles. The number of rotatable bonds is 8. The van der Waals surface area contributed by atoms with Crippen molar-refractivity contribution < 1.29 is 9.59 Å². The number of nitrogens with one attached hydrogen (secondary N) is 3. The third-order valence-corrected chi connectivity index (χ3v) is 9.34. The average Bonchev–Trinajstić information content (AvgIpc) is 3.74. The van der Waals surface area contributed by atoms with Gasteiger partial charge in [-0.25, -0.2) is 9.78 Å². The van der Waals surface area contributed by atoms with E-state index in [-0.39, 0.29) is 6.03 Å². The zero-order valence-electron chi connectivity index (χ0n) is 26.4. The molecule has 2 aromatic heterocycles. The molecule has 3 aromatic carbocycles. The summed E-state index contributed by atoms with van der Waals surface area (Å²) in [5.41, 5.74) is 12.4. The molecule has 0 aliphatic carbocycles. The van der Waals surface area contributed by atoms with Crippen LogP contribution in [0, 0.1) is 6.92 Å². The first-order valence-electron chi connectivity index (χ1n) is 16.0. The van der Waals surface area contributed by atoms with Gasteiger partial charge in [-0.2, -0.15) is 5.10 Å². The molecular formula is C36H39N9O2. The Bertz CT molecular complexity index is 1950. The SMILES string of the molecule is C=C1Nc2ccccc2CN1C1CCN(C(=O)NC(Cc2cc(C)c3[nH]ncc3c2)c2nccn2Cc2cccc(C(N)=O)c2)CC1. The van der Waals surface area contributed by atoms with Gasteiger partial charge in [0.15, 0.2) is 0 Å². The Hall–Kier alpha value is -5.58. The summed E-state index contributed by atoms with van der Waals surface area (Å²) < 4.78 is 2.02. The molecule has 240 valence electrons. The van der Waals surface area contributed by atoms with Crippen LogP contribution >= 0.6 is 0 Å². The number of hydrogen-bond acceptors (Lipinski definition) is 6. The van der Waals surface area contributed by atoms with Crippen molar-refractivity contribution in [1.82, 2.24) is 34.9 Å². The van der Waals surface area contributed by atoms with Crippen LogP contribution in [0.5, 0.6) is 0 Å². The van der Waals surface area contributed by atoms with Crippen molar-refractivity contribution in [2.24, 2.45) is 5.73 Å². The number of carbonyl (C=O) groups excluding carboxylic acids is 2. The highest BCUT2D eigenvalue weighted by molar-refractivity contribution is 5.92. The van der Waals surface area contributed by atoms with E-state index < -0.39 is 11.9 Å². The molecule has 0 radical (unpaired) electrons. The Morgan fingerprint density at radius 3 is 2.74 bits per heavy atom. The van der Waals surface area contributed by atoms with Crippen LogP contribution in [-0.2, 0) is 19.5 Å². The number of anilines is 1. The van der Waals surface area contributed by atoms with E-state index in [1.165, 1.54) is 5.56 Å². The largest absolute Gasteiger partial charge is 0.366 e. The van der Waals surface area contributed by atoms with Gasteiger partial charge < -0.3 is 30.7 Å². The number of aryl methyl sites for hydroxylation is 1. The van der Waals surface area contributed by atoms with E-state index in [0.29, 0.717) is 37.7 Å². The van der Waals surface area contributed by atoms with E-state index >= 15 is 0 Å². The van der Waals surface area contributed by atoms with Crippen LogP contribution in [-0.4, -0.2) is 60.6 Å². The molecule has 0 bridgehead atoms. The van der Waals surface area contributed by atoms with Crippen molar-refractivity contribution in [3.63, 3.8) is 0 Å². The Morgan fingerprint density at radius 1 is 1.09 bits per heavy atom. The summed E-state index contributed by atoms with van der Waals surface area (Å²) in [4.78, 5) is 34.7. The summed E-state index contributed by atoms with van der Waals surface area (Å²) >= 11 is 0. The van der Waals surface area contributed by atoms with Gasteiger partial charge >= 0.3 is 6.03 Å². The molecule has 2 aliphatic rings. The molecule has 3 amide bonds. The number of carbonyl (C=O) groups is 2. The summed E-state index contributed by atoms with van der Waals surface area (Å²) in [5.74, 6) is 1.17. The number of urea groups is 1. The maximum Gasteiger partial charge on any atom is 0.317 e. The number of nitrogens with two attached hydrogens (primary N) is 1. The molecule has 4 heterocycles. The van der Waals surface area contributed by atoms with Crippen molar-refractivity contribution in [3.05, 3.63) is 125 Å². The minimum absolute atomic E-state index is 0.110. The number of primary amides is 1. The third kappa shape index (κ3) is 6.29. The lowest BCUT2D eigenvalue weighted by atomic mass is 10.00. The average molecular weight is 630 g/mol. The number of likely N-dealkylation sites (tertiary alicyclic amines) is 1. The molecule has 7 rings (SSSR count). The molecule has 0 spiro atoms. The van der Waals surface area contributed by atoms with Crippen LogP contribution in [0.25, 0.3) is 10.9 Å². The van der Waals surface area contributed by atoms with Gasteiger partial charge in [-0.1, -0.05) is 43.0 Å². The van der Waals surface area contributed by atoms with Crippen molar-refractivity contribution in [2.75, 3.05) is 18.4 Å². The van der Waals surface area contributed by atoms with E-state index in [9.17, 15) is 9.59 Å². The molecule has 1 atom stereocenters. The Labute approximate surface area is 273 Å². The first-order valence-corrected chi connectivity index (χ1v) is 16.0. The van der Waals surface area contributed by atoms with Gasteiger partial charge in [-0.15, -0.1) is 0 Å². The second-order valence-corrected chi connectivity index (χ2v) is 12.5. The molecule has 11 heteroatoms. The van der Waals surface area contributed by atoms with Gasteiger partial charge in [0.05, 0.1) is 23.6 Å². The standard InChI is InChI=1S/C36H39N9O2/c1-23-16-26(18-29-20-39-42-33(23)29)19-32(35-38-12-15-44(35)21-25-6-5-8-27(17-25)34(37)46)41-36(47)43-13-10-30(11-14-43)45-22-28-7-3-4-9-31(28)40-24(45)2/h3-9,12,15-18,20,30,32,40H,2,10-11,13-14,19,21-22H2,1H3,(H2,37,46)(H,39,42)(H,41,47). The van der Waals surface area contributed by atoms with Crippen molar-refractivity contribution in [1.29, 1.82) is 0 Å². The lowest BCUT2D eigenvalue weighted by molar-refractivity contribution is 0.1000. The molecule has 2 aliphatic heterocycles. The third-order valence-electron chi connectivity index (χ3n) is 9.34. The number of amides is 3. The summed E-state index contributed by atoms with van der Waals surface area (Å²) in [5, 5.41) is 15.1. The predicted molar refractivity (Wildman–Crippen MR) is 181 cm³/mol. The highest BCUT2D eigenvalue weighted by atomic mass is 16.2. The Balaban J connectivity index is 1.09. The normalized spacial score (nSPS) is 15.7. The van der Waals surface area contributed by atoms with Crippen LogP contribution in [0.4, 0.5) is 10.5 Å². The first-order chi connectivity index (χ1) is 22.8. The molecule has 1 unspecified atom stereocenters. The van der Waals surface area contributed by atoms with Crippen molar-refractivity contribution in [3.8, 4) is 0 Å². The topological polar surface area (TPSA) is 137 Å². The number of aromatic amines is 1. The van der Waals surface area contributed by atoms with Crippen LogP contribution < -0.4 is 16.4 Å². The van der Waals surface area contributed by atoms with Crippen LogP contribution in [0.1, 0.15) is 57.3 Å². The quantitative estimate of drug-likeness (QED) is 0.189. The zero-order chi connectivity index (χ0) is 32.5. The number of benzene rings is 3. The van der Waals surface area contributed by atoms with Gasteiger partial charge in [-0.05, 0) is 72.7 Å². The number of fused-ring (bicyclic) bond motifs is 2. The molecule has 5 N–H and O–H groups in total.